The first-order chi connectivity index (χ1) is 13.9. The van der Waals surface area contributed by atoms with Gasteiger partial charge in [-0.15, -0.1) is 0 Å². The van der Waals surface area contributed by atoms with E-state index in [0.29, 0.717) is 12.1 Å². The second-order valence-electron chi connectivity index (χ2n) is 7.53. The number of likely N-dealkylation sites (N-methyl/N-ethyl adjacent to an activating group) is 1. The maximum atomic E-state index is 12.8. The van der Waals surface area contributed by atoms with Crippen LogP contribution in [0.5, 0.6) is 0 Å². The summed E-state index contributed by atoms with van der Waals surface area (Å²) >= 11 is 0. The highest BCUT2D eigenvalue weighted by atomic mass is 32.2. The number of rotatable bonds is 8. The van der Waals surface area contributed by atoms with Gasteiger partial charge in [-0.3, -0.25) is 9.69 Å². The fourth-order valence-corrected chi connectivity index (χ4v) is 4.31. The van der Waals surface area contributed by atoms with Crippen molar-refractivity contribution >= 4 is 15.9 Å². The number of nitrogens with one attached hydrogen (secondary N) is 1. The fourth-order valence-electron chi connectivity index (χ4n) is 3.71. The van der Waals surface area contributed by atoms with Gasteiger partial charge in [-0.2, -0.15) is 4.31 Å². The Morgan fingerprint density at radius 3 is 2.45 bits per heavy atom. The second-order valence-corrected chi connectivity index (χ2v) is 9.57. The van der Waals surface area contributed by atoms with Crippen LogP contribution in [-0.2, 0) is 27.8 Å². The number of sulfonamides is 1. The zero-order valence-corrected chi connectivity index (χ0v) is 17.9. The summed E-state index contributed by atoms with van der Waals surface area (Å²) in [6, 6.07) is 16.7. The number of benzene rings is 2. The summed E-state index contributed by atoms with van der Waals surface area (Å²) in [7, 11) is -2.06. The van der Waals surface area contributed by atoms with Crippen molar-refractivity contribution in [3.8, 4) is 0 Å². The molecule has 1 aliphatic heterocycles. The van der Waals surface area contributed by atoms with Gasteiger partial charge in [0.25, 0.3) is 0 Å². The first-order valence-corrected chi connectivity index (χ1v) is 11.8. The Labute approximate surface area is 173 Å². The Morgan fingerprint density at radius 1 is 1.10 bits per heavy atom. The molecule has 7 heteroatoms. The van der Waals surface area contributed by atoms with E-state index in [9.17, 15) is 13.2 Å². The van der Waals surface area contributed by atoms with Gasteiger partial charge in [0.05, 0.1) is 6.26 Å². The number of hydrogen-bond acceptors (Lipinski definition) is 4. The molecule has 1 aliphatic rings. The summed E-state index contributed by atoms with van der Waals surface area (Å²) in [5, 5.41) is 2.92. The van der Waals surface area contributed by atoms with E-state index in [2.05, 4.69) is 34.5 Å². The molecule has 0 spiro atoms. The van der Waals surface area contributed by atoms with Crippen molar-refractivity contribution < 1.29 is 13.2 Å². The molecule has 1 N–H and O–H groups in total. The summed E-state index contributed by atoms with van der Waals surface area (Å²) in [5.74, 6) is -0.298. The molecule has 6 nitrogen and oxygen atoms in total. The molecule has 0 saturated heterocycles. The van der Waals surface area contributed by atoms with Gasteiger partial charge in [-0.05, 0) is 29.5 Å². The minimum Gasteiger partial charge on any atom is -0.354 e. The zero-order chi connectivity index (χ0) is 20.9. The number of carbonyl (C=O) groups excluding carboxylic acids is 1. The Hall–Kier alpha value is -2.22. The van der Waals surface area contributed by atoms with E-state index < -0.39 is 16.1 Å². The Morgan fingerprint density at radius 2 is 1.76 bits per heavy atom. The Bertz CT molecular complexity index is 931. The molecule has 0 saturated carbocycles. The van der Waals surface area contributed by atoms with Crippen molar-refractivity contribution in [2.45, 2.75) is 25.4 Å². The number of hydrogen-bond donors (Lipinski definition) is 1. The predicted molar refractivity (Wildman–Crippen MR) is 115 cm³/mol. The van der Waals surface area contributed by atoms with Gasteiger partial charge >= 0.3 is 0 Å². The van der Waals surface area contributed by atoms with E-state index >= 15 is 0 Å². The molecule has 156 valence electrons. The highest BCUT2D eigenvalue weighted by Gasteiger charge is 2.30. The number of carbonyl (C=O) groups is 1. The van der Waals surface area contributed by atoms with Crippen molar-refractivity contribution in [1.29, 1.82) is 0 Å². The van der Waals surface area contributed by atoms with Crippen molar-refractivity contribution in [3.05, 3.63) is 71.3 Å². The lowest BCUT2D eigenvalue weighted by Gasteiger charge is -2.29. The third-order valence-electron chi connectivity index (χ3n) is 5.41. The standard InChI is InChI=1S/C22H29N3O3S/c1-24(29(2,27)28)21(19-10-4-3-5-11-19)22(26)23-14-8-15-25-16-13-18-9-6-7-12-20(18)17-25/h3-7,9-12,21H,8,13-17H2,1-2H3,(H,23,26). The van der Waals surface area contributed by atoms with Gasteiger partial charge in [0.15, 0.2) is 0 Å². The van der Waals surface area contributed by atoms with E-state index in [4.69, 9.17) is 0 Å². The molecule has 0 radical (unpaired) electrons. The molecular formula is C22H29N3O3S. The SMILES string of the molecule is CN(C(C(=O)NCCCN1CCc2ccccc2C1)c1ccccc1)S(C)(=O)=O. The molecule has 29 heavy (non-hydrogen) atoms. The molecule has 3 rings (SSSR count). The molecule has 0 aromatic heterocycles. The first-order valence-electron chi connectivity index (χ1n) is 9.91. The fraction of sp³-hybridized carbons (Fsp3) is 0.409. The number of nitrogens with zero attached hydrogens (tertiary/aromatic N) is 2. The molecule has 1 amide bonds. The maximum absolute atomic E-state index is 12.8. The van der Waals surface area contributed by atoms with Crippen LogP contribution < -0.4 is 5.32 Å². The van der Waals surface area contributed by atoms with E-state index in [1.165, 1.54) is 18.2 Å². The van der Waals surface area contributed by atoms with Gasteiger partial charge in [-0.1, -0.05) is 54.6 Å². The van der Waals surface area contributed by atoms with Crippen molar-refractivity contribution in [2.75, 3.05) is 32.9 Å². The average Bonchev–Trinajstić information content (AvgIpc) is 2.71. The van der Waals surface area contributed by atoms with Crippen molar-refractivity contribution in [2.24, 2.45) is 0 Å². The molecule has 0 bridgehead atoms. The predicted octanol–water partition coefficient (Wildman–Crippen LogP) is 2.18. The van der Waals surface area contributed by atoms with Crippen LogP contribution in [-0.4, -0.2) is 56.5 Å². The molecule has 1 atom stereocenters. The van der Waals surface area contributed by atoms with E-state index in [0.717, 1.165) is 43.0 Å². The summed E-state index contributed by atoms with van der Waals surface area (Å²) in [4.78, 5) is 15.2. The summed E-state index contributed by atoms with van der Waals surface area (Å²) in [6.07, 6.45) is 2.99. The van der Waals surface area contributed by atoms with Crippen LogP contribution in [0, 0.1) is 0 Å². The second kappa shape index (κ2) is 9.52. The van der Waals surface area contributed by atoms with Crippen LogP contribution in [0.2, 0.25) is 0 Å². The average molecular weight is 416 g/mol. The monoisotopic (exact) mass is 415 g/mol. The lowest BCUT2D eigenvalue weighted by Crippen LogP contribution is -2.42. The lowest BCUT2D eigenvalue weighted by molar-refractivity contribution is -0.124. The molecule has 1 unspecified atom stereocenters. The highest BCUT2D eigenvalue weighted by molar-refractivity contribution is 7.88. The lowest BCUT2D eigenvalue weighted by atomic mass is 10.00. The van der Waals surface area contributed by atoms with Crippen molar-refractivity contribution in [1.82, 2.24) is 14.5 Å². The minimum absolute atomic E-state index is 0.298. The molecular weight excluding hydrogens is 386 g/mol. The van der Waals surface area contributed by atoms with Gasteiger partial charge < -0.3 is 5.32 Å². The van der Waals surface area contributed by atoms with Crippen LogP contribution in [0.15, 0.2) is 54.6 Å². The third-order valence-corrected chi connectivity index (χ3v) is 6.67. The number of amides is 1. The summed E-state index contributed by atoms with van der Waals surface area (Å²) in [5.41, 5.74) is 3.46. The molecule has 1 heterocycles. The molecule has 2 aromatic carbocycles. The molecule has 2 aromatic rings. The highest BCUT2D eigenvalue weighted by Crippen LogP contribution is 2.22. The summed E-state index contributed by atoms with van der Waals surface area (Å²) < 4.78 is 25.2. The Kier molecular flexibility index (Phi) is 7.05. The van der Waals surface area contributed by atoms with E-state index in [1.54, 1.807) is 24.3 Å². The van der Waals surface area contributed by atoms with Crippen LogP contribution in [0.1, 0.15) is 29.2 Å². The normalized spacial score (nSPS) is 15.7. The Balaban J connectivity index is 1.54. The minimum atomic E-state index is -3.51. The quantitative estimate of drug-likeness (QED) is 0.671. The largest absolute Gasteiger partial charge is 0.354 e. The topological polar surface area (TPSA) is 69.7 Å². The zero-order valence-electron chi connectivity index (χ0n) is 17.0. The van der Waals surface area contributed by atoms with E-state index in [-0.39, 0.29) is 5.91 Å². The summed E-state index contributed by atoms with van der Waals surface area (Å²) in [6.45, 7) is 3.37. The van der Waals surface area contributed by atoms with Crippen LogP contribution in [0.4, 0.5) is 0 Å². The maximum Gasteiger partial charge on any atom is 0.242 e. The van der Waals surface area contributed by atoms with E-state index in [1.807, 2.05) is 6.07 Å². The van der Waals surface area contributed by atoms with Gasteiger partial charge in [0.2, 0.25) is 15.9 Å². The van der Waals surface area contributed by atoms with Gasteiger partial charge in [0, 0.05) is 33.2 Å². The van der Waals surface area contributed by atoms with Crippen LogP contribution in [0.25, 0.3) is 0 Å². The van der Waals surface area contributed by atoms with Gasteiger partial charge in [0.1, 0.15) is 6.04 Å². The first kappa shape index (κ1) is 21.5. The number of fused-ring (bicyclic) bond motifs is 1. The van der Waals surface area contributed by atoms with Crippen LogP contribution >= 0.6 is 0 Å². The molecule has 0 aliphatic carbocycles. The van der Waals surface area contributed by atoms with Crippen LogP contribution in [0.3, 0.4) is 0 Å². The van der Waals surface area contributed by atoms with Crippen molar-refractivity contribution in [3.63, 3.8) is 0 Å². The van der Waals surface area contributed by atoms with Gasteiger partial charge in [-0.25, -0.2) is 8.42 Å². The third kappa shape index (κ3) is 5.65. The smallest absolute Gasteiger partial charge is 0.242 e. The molecule has 0 fully saturated rings.